The lowest BCUT2D eigenvalue weighted by Gasteiger charge is -2.19. The lowest BCUT2D eigenvalue weighted by Crippen LogP contribution is -2.24. The molecule has 6 heteroatoms. The minimum atomic E-state index is -3.43. The first-order chi connectivity index (χ1) is 9.43. The Hall–Kier alpha value is -0.780. The van der Waals surface area contributed by atoms with Crippen molar-refractivity contribution < 1.29 is 8.42 Å². The summed E-state index contributed by atoms with van der Waals surface area (Å²) in [5.41, 5.74) is 0.650. The molecule has 0 spiro atoms. The number of benzene rings is 1. The normalized spacial score (nSPS) is 23.2. The van der Waals surface area contributed by atoms with Gasteiger partial charge in [0.15, 0.2) is 0 Å². The molecule has 2 atom stereocenters. The number of rotatable bonds is 5. The molecule has 0 aromatic heterocycles. The summed E-state index contributed by atoms with van der Waals surface area (Å²) >= 11 is 6.26. The molecule has 2 unspecified atom stereocenters. The predicted molar refractivity (Wildman–Crippen MR) is 82.8 cm³/mol. The number of alkyl halides is 1. The van der Waals surface area contributed by atoms with Gasteiger partial charge in [0.05, 0.1) is 5.69 Å². The zero-order valence-electron chi connectivity index (χ0n) is 11.8. The second-order valence-corrected chi connectivity index (χ2v) is 8.05. The number of para-hydroxylation sites is 1. The van der Waals surface area contributed by atoms with Crippen LogP contribution in [-0.2, 0) is 10.0 Å². The standard InChI is InChI=1S/C14H21ClN2O2S/c1-17(2)20(18,19)14-9-4-3-8-13(14)16-10-11-6-5-7-12(11)15/h3-4,8-9,11-12,16H,5-7,10H2,1-2H3. The van der Waals surface area contributed by atoms with Crippen LogP contribution in [0.5, 0.6) is 0 Å². The summed E-state index contributed by atoms with van der Waals surface area (Å²) < 4.78 is 25.8. The highest BCUT2D eigenvalue weighted by molar-refractivity contribution is 7.89. The second-order valence-electron chi connectivity index (χ2n) is 5.37. The van der Waals surface area contributed by atoms with E-state index in [1.54, 1.807) is 18.2 Å². The van der Waals surface area contributed by atoms with E-state index in [4.69, 9.17) is 11.6 Å². The summed E-state index contributed by atoms with van der Waals surface area (Å²) in [4.78, 5) is 0.314. The van der Waals surface area contributed by atoms with Crippen molar-refractivity contribution in [1.29, 1.82) is 0 Å². The van der Waals surface area contributed by atoms with Crippen molar-refractivity contribution in [2.24, 2.45) is 5.92 Å². The number of anilines is 1. The van der Waals surface area contributed by atoms with E-state index in [1.165, 1.54) is 18.4 Å². The Bertz CT molecular complexity index is 560. The van der Waals surface area contributed by atoms with Gasteiger partial charge in [-0.2, -0.15) is 0 Å². The van der Waals surface area contributed by atoms with Crippen LogP contribution in [0.25, 0.3) is 0 Å². The van der Waals surface area contributed by atoms with Crippen LogP contribution in [0, 0.1) is 5.92 Å². The Balaban J connectivity index is 2.16. The average molecular weight is 317 g/mol. The van der Waals surface area contributed by atoms with Gasteiger partial charge in [-0.05, 0) is 30.9 Å². The molecule has 1 aromatic carbocycles. The maximum Gasteiger partial charge on any atom is 0.244 e. The van der Waals surface area contributed by atoms with Crippen molar-refractivity contribution >= 4 is 27.3 Å². The molecule has 1 fully saturated rings. The van der Waals surface area contributed by atoms with Crippen LogP contribution < -0.4 is 5.32 Å². The summed E-state index contributed by atoms with van der Waals surface area (Å²) in [6, 6.07) is 7.00. The SMILES string of the molecule is CN(C)S(=O)(=O)c1ccccc1NCC1CCCC1Cl. The monoisotopic (exact) mass is 316 g/mol. The third kappa shape index (κ3) is 3.27. The lowest BCUT2D eigenvalue weighted by atomic mass is 10.1. The van der Waals surface area contributed by atoms with Gasteiger partial charge in [-0.15, -0.1) is 11.6 Å². The van der Waals surface area contributed by atoms with Crippen LogP contribution in [0.3, 0.4) is 0 Å². The Morgan fingerprint density at radius 2 is 2.00 bits per heavy atom. The molecule has 0 amide bonds. The van der Waals surface area contributed by atoms with Gasteiger partial charge in [0.2, 0.25) is 10.0 Å². The second kappa shape index (κ2) is 6.33. The zero-order valence-corrected chi connectivity index (χ0v) is 13.4. The van der Waals surface area contributed by atoms with E-state index in [9.17, 15) is 8.42 Å². The quantitative estimate of drug-likeness (QED) is 0.850. The van der Waals surface area contributed by atoms with Crippen molar-refractivity contribution in [3.8, 4) is 0 Å². The van der Waals surface area contributed by atoms with Gasteiger partial charge in [0.1, 0.15) is 4.90 Å². The highest BCUT2D eigenvalue weighted by Gasteiger charge is 2.26. The van der Waals surface area contributed by atoms with Gasteiger partial charge in [-0.1, -0.05) is 18.6 Å². The molecule has 0 saturated heterocycles. The maximum absolute atomic E-state index is 12.3. The van der Waals surface area contributed by atoms with Crippen molar-refractivity contribution in [3.63, 3.8) is 0 Å². The van der Waals surface area contributed by atoms with E-state index in [-0.39, 0.29) is 5.38 Å². The Kier molecular flexibility index (Phi) is 4.94. The van der Waals surface area contributed by atoms with Crippen LogP contribution in [0.4, 0.5) is 5.69 Å². The topological polar surface area (TPSA) is 49.4 Å². The molecule has 0 aliphatic heterocycles. The molecular formula is C14H21ClN2O2S. The summed E-state index contributed by atoms with van der Waals surface area (Å²) in [5.74, 6) is 0.409. The molecule has 4 nitrogen and oxygen atoms in total. The highest BCUT2D eigenvalue weighted by Crippen LogP contribution is 2.31. The molecule has 0 bridgehead atoms. The molecule has 1 aliphatic rings. The number of halogens is 1. The molecule has 2 rings (SSSR count). The van der Waals surface area contributed by atoms with Crippen LogP contribution in [0.15, 0.2) is 29.2 Å². The van der Waals surface area contributed by atoms with Crippen LogP contribution in [-0.4, -0.2) is 38.7 Å². The fourth-order valence-electron chi connectivity index (χ4n) is 2.50. The molecule has 112 valence electrons. The fraction of sp³-hybridized carbons (Fsp3) is 0.571. The van der Waals surface area contributed by atoms with Crippen molar-refractivity contribution in [2.45, 2.75) is 29.5 Å². The van der Waals surface area contributed by atoms with Crippen molar-refractivity contribution in [1.82, 2.24) is 4.31 Å². The first-order valence-corrected chi connectivity index (χ1v) is 8.70. The molecule has 20 heavy (non-hydrogen) atoms. The van der Waals surface area contributed by atoms with Crippen LogP contribution in [0.1, 0.15) is 19.3 Å². The van der Waals surface area contributed by atoms with Gasteiger partial charge in [-0.3, -0.25) is 0 Å². The summed E-state index contributed by atoms with van der Waals surface area (Å²) in [6.45, 7) is 0.716. The minimum Gasteiger partial charge on any atom is -0.384 e. The third-order valence-electron chi connectivity index (χ3n) is 3.77. The van der Waals surface area contributed by atoms with E-state index in [0.29, 0.717) is 23.0 Å². The fourth-order valence-corrected chi connectivity index (χ4v) is 3.93. The minimum absolute atomic E-state index is 0.195. The highest BCUT2D eigenvalue weighted by atomic mass is 35.5. The number of hydrogen-bond acceptors (Lipinski definition) is 3. The summed E-state index contributed by atoms with van der Waals surface area (Å²) in [7, 11) is -0.350. The van der Waals surface area contributed by atoms with Gasteiger partial charge in [-0.25, -0.2) is 12.7 Å². The number of sulfonamides is 1. The zero-order chi connectivity index (χ0) is 14.8. The van der Waals surface area contributed by atoms with Crippen molar-refractivity contribution in [3.05, 3.63) is 24.3 Å². The third-order valence-corrected chi connectivity index (χ3v) is 6.21. The van der Waals surface area contributed by atoms with Gasteiger partial charge in [0, 0.05) is 26.0 Å². The molecule has 1 saturated carbocycles. The van der Waals surface area contributed by atoms with E-state index in [0.717, 1.165) is 19.3 Å². The largest absolute Gasteiger partial charge is 0.384 e. The Morgan fingerprint density at radius 3 is 2.60 bits per heavy atom. The summed E-state index contributed by atoms with van der Waals surface area (Å²) in [6.07, 6.45) is 3.30. The van der Waals surface area contributed by atoms with Gasteiger partial charge >= 0.3 is 0 Å². The van der Waals surface area contributed by atoms with Gasteiger partial charge < -0.3 is 5.32 Å². The predicted octanol–water partition coefficient (Wildman–Crippen LogP) is 2.76. The van der Waals surface area contributed by atoms with E-state index < -0.39 is 10.0 Å². The van der Waals surface area contributed by atoms with Crippen LogP contribution in [0.2, 0.25) is 0 Å². The number of hydrogen-bond donors (Lipinski definition) is 1. The van der Waals surface area contributed by atoms with E-state index >= 15 is 0 Å². The van der Waals surface area contributed by atoms with E-state index in [2.05, 4.69) is 5.32 Å². The molecular weight excluding hydrogens is 296 g/mol. The number of nitrogens with zero attached hydrogens (tertiary/aromatic N) is 1. The first kappa shape index (κ1) is 15.6. The molecule has 1 N–H and O–H groups in total. The molecule has 1 aromatic rings. The van der Waals surface area contributed by atoms with Gasteiger partial charge in [0.25, 0.3) is 0 Å². The number of nitrogens with one attached hydrogen (secondary N) is 1. The summed E-state index contributed by atoms with van der Waals surface area (Å²) in [5, 5.41) is 3.45. The Labute approximate surface area is 126 Å². The smallest absolute Gasteiger partial charge is 0.244 e. The van der Waals surface area contributed by atoms with Crippen molar-refractivity contribution in [2.75, 3.05) is 26.0 Å². The van der Waals surface area contributed by atoms with Crippen LogP contribution >= 0.6 is 11.6 Å². The molecule has 0 heterocycles. The Morgan fingerprint density at radius 1 is 1.30 bits per heavy atom. The maximum atomic E-state index is 12.3. The molecule has 1 aliphatic carbocycles. The first-order valence-electron chi connectivity index (χ1n) is 6.82. The average Bonchev–Trinajstić information content (AvgIpc) is 2.82. The lowest BCUT2D eigenvalue weighted by molar-refractivity contribution is 0.520. The van der Waals surface area contributed by atoms with E-state index in [1.807, 2.05) is 6.07 Å². The molecule has 0 radical (unpaired) electrons.